The third kappa shape index (κ3) is 2.17. The van der Waals surface area contributed by atoms with Crippen molar-refractivity contribution >= 4 is 5.71 Å². The first-order chi connectivity index (χ1) is 4.29. The topological polar surface area (TPSA) is 23.9 Å². The van der Waals surface area contributed by atoms with Crippen molar-refractivity contribution in [1.29, 1.82) is 5.41 Å². The molecule has 1 aliphatic carbocycles. The molecule has 52 valence electrons. The number of hydrogen-bond donors (Lipinski definition) is 1. The van der Waals surface area contributed by atoms with Crippen molar-refractivity contribution in [3.05, 3.63) is 0 Å². The number of rotatable bonds is 0. The van der Waals surface area contributed by atoms with Gasteiger partial charge in [-0.15, -0.1) is 0 Å². The Labute approximate surface area is 57.0 Å². The molecule has 1 nitrogen and oxygen atoms in total. The Kier molecular flexibility index (Phi) is 2.26. The lowest BCUT2D eigenvalue weighted by Crippen LogP contribution is -1.99. The quantitative estimate of drug-likeness (QED) is 0.481. The molecule has 0 radical (unpaired) electrons. The Hall–Kier alpha value is -0.330. The van der Waals surface area contributed by atoms with Gasteiger partial charge in [0, 0.05) is 5.71 Å². The van der Waals surface area contributed by atoms with E-state index in [-0.39, 0.29) is 0 Å². The average molecular weight is 125 g/mol. The van der Waals surface area contributed by atoms with Crippen LogP contribution in [0.25, 0.3) is 0 Å². The summed E-state index contributed by atoms with van der Waals surface area (Å²) >= 11 is 0. The Morgan fingerprint density at radius 3 is 3.00 bits per heavy atom. The Balaban J connectivity index is 2.37. The van der Waals surface area contributed by atoms with Crippen LogP contribution in [0.3, 0.4) is 0 Å². The smallest absolute Gasteiger partial charge is 0.00918 e. The van der Waals surface area contributed by atoms with Crippen LogP contribution in [0.15, 0.2) is 0 Å². The zero-order chi connectivity index (χ0) is 6.69. The standard InChI is InChI=1S/C8H15N/c1-7-4-2-3-5-8(9)6-7/h7,9H,2-6H2,1H3/t7-/m1/s1. The molecule has 1 rings (SSSR count). The molecular formula is C8H15N. The molecular weight excluding hydrogens is 110 g/mol. The lowest BCUT2D eigenvalue weighted by Gasteiger charge is -2.03. The van der Waals surface area contributed by atoms with Gasteiger partial charge in [-0.1, -0.05) is 19.8 Å². The van der Waals surface area contributed by atoms with E-state index < -0.39 is 0 Å². The van der Waals surface area contributed by atoms with Gasteiger partial charge in [0.25, 0.3) is 0 Å². The van der Waals surface area contributed by atoms with Crippen LogP contribution in [0.2, 0.25) is 0 Å². The molecule has 1 aliphatic rings. The maximum atomic E-state index is 7.46. The molecule has 0 spiro atoms. The lowest BCUT2D eigenvalue weighted by molar-refractivity contribution is 0.540. The van der Waals surface area contributed by atoms with E-state index in [1.807, 2.05) is 0 Å². The summed E-state index contributed by atoms with van der Waals surface area (Å²) in [7, 11) is 0. The third-order valence-electron chi connectivity index (χ3n) is 2.02. The molecule has 0 unspecified atom stereocenters. The summed E-state index contributed by atoms with van der Waals surface area (Å²) in [5, 5.41) is 7.46. The van der Waals surface area contributed by atoms with Gasteiger partial charge in [0.15, 0.2) is 0 Å². The SMILES string of the molecule is C[C@@H]1CCCCC(=N)C1. The van der Waals surface area contributed by atoms with E-state index in [0.29, 0.717) is 0 Å². The molecule has 0 aliphatic heterocycles. The highest BCUT2D eigenvalue weighted by Crippen LogP contribution is 2.19. The van der Waals surface area contributed by atoms with E-state index in [2.05, 4.69) is 6.92 Å². The highest BCUT2D eigenvalue weighted by atomic mass is 14.4. The van der Waals surface area contributed by atoms with E-state index >= 15 is 0 Å². The van der Waals surface area contributed by atoms with E-state index in [0.717, 1.165) is 24.5 Å². The Bertz CT molecular complexity index is 107. The van der Waals surface area contributed by atoms with Crippen LogP contribution >= 0.6 is 0 Å². The second-order valence-electron chi connectivity index (χ2n) is 3.16. The molecule has 0 bridgehead atoms. The van der Waals surface area contributed by atoms with Crippen molar-refractivity contribution in [3.63, 3.8) is 0 Å². The minimum atomic E-state index is 0.778. The fourth-order valence-electron chi connectivity index (χ4n) is 1.46. The molecule has 1 atom stereocenters. The predicted molar refractivity (Wildman–Crippen MR) is 40.0 cm³/mol. The largest absolute Gasteiger partial charge is 0.310 e. The second kappa shape index (κ2) is 3.00. The molecule has 1 fully saturated rings. The van der Waals surface area contributed by atoms with E-state index in [4.69, 9.17) is 5.41 Å². The summed E-state index contributed by atoms with van der Waals surface area (Å²) in [6, 6.07) is 0. The van der Waals surface area contributed by atoms with Gasteiger partial charge < -0.3 is 5.41 Å². The van der Waals surface area contributed by atoms with Crippen molar-refractivity contribution in [3.8, 4) is 0 Å². The van der Waals surface area contributed by atoms with Crippen molar-refractivity contribution in [1.82, 2.24) is 0 Å². The summed E-state index contributed by atoms with van der Waals surface area (Å²) in [6.45, 7) is 2.25. The maximum absolute atomic E-state index is 7.46. The van der Waals surface area contributed by atoms with Crippen molar-refractivity contribution in [2.24, 2.45) is 5.92 Å². The van der Waals surface area contributed by atoms with Gasteiger partial charge in [-0.25, -0.2) is 0 Å². The number of hydrogen-bond acceptors (Lipinski definition) is 1. The average Bonchev–Trinajstić information content (AvgIpc) is 1.93. The van der Waals surface area contributed by atoms with Crippen LogP contribution in [0.4, 0.5) is 0 Å². The van der Waals surface area contributed by atoms with Gasteiger partial charge in [0.2, 0.25) is 0 Å². The minimum absolute atomic E-state index is 0.778. The first kappa shape index (κ1) is 6.79. The highest BCUT2D eigenvalue weighted by molar-refractivity contribution is 5.81. The molecule has 0 aromatic rings. The normalized spacial score (nSPS) is 29.9. The van der Waals surface area contributed by atoms with Crippen molar-refractivity contribution in [2.75, 3.05) is 0 Å². The first-order valence-corrected chi connectivity index (χ1v) is 3.85. The molecule has 0 aromatic carbocycles. The van der Waals surface area contributed by atoms with Gasteiger partial charge in [-0.05, 0) is 25.2 Å². The summed E-state index contributed by atoms with van der Waals surface area (Å²) in [5.41, 5.74) is 0.972. The second-order valence-corrected chi connectivity index (χ2v) is 3.16. The molecule has 1 saturated carbocycles. The highest BCUT2D eigenvalue weighted by Gasteiger charge is 2.09. The minimum Gasteiger partial charge on any atom is -0.310 e. The summed E-state index contributed by atoms with van der Waals surface area (Å²) in [5.74, 6) is 0.778. The summed E-state index contributed by atoms with van der Waals surface area (Å²) < 4.78 is 0. The third-order valence-corrected chi connectivity index (χ3v) is 2.02. The monoisotopic (exact) mass is 125 g/mol. The fourth-order valence-corrected chi connectivity index (χ4v) is 1.46. The van der Waals surface area contributed by atoms with Crippen LogP contribution in [-0.4, -0.2) is 5.71 Å². The van der Waals surface area contributed by atoms with E-state index in [1.54, 1.807) is 0 Å². The van der Waals surface area contributed by atoms with Crippen LogP contribution in [0.1, 0.15) is 39.0 Å². The molecule has 1 N–H and O–H groups in total. The van der Waals surface area contributed by atoms with Crippen LogP contribution in [0, 0.1) is 11.3 Å². The van der Waals surface area contributed by atoms with Gasteiger partial charge >= 0.3 is 0 Å². The predicted octanol–water partition coefficient (Wildman–Crippen LogP) is 2.61. The maximum Gasteiger partial charge on any atom is 0.00918 e. The first-order valence-electron chi connectivity index (χ1n) is 3.85. The van der Waals surface area contributed by atoms with E-state index in [9.17, 15) is 0 Å². The Morgan fingerprint density at radius 2 is 2.22 bits per heavy atom. The van der Waals surface area contributed by atoms with Crippen LogP contribution in [0.5, 0.6) is 0 Å². The van der Waals surface area contributed by atoms with Crippen molar-refractivity contribution in [2.45, 2.75) is 39.0 Å². The molecule has 0 heterocycles. The van der Waals surface area contributed by atoms with Crippen molar-refractivity contribution < 1.29 is 0 Å². The Morgan fingerprint density at radius 1 is 1.44 bits per heavy atom. The molecule has 0 saturated heterocycles. The zero-order valence-corrected chi connectivity index (χ0v) is 6.11. The zero-order valence-electron chi connectivity index (χ0n) is 6.11. The van der Waals surface area contributed by atoms with Gasteiger partial charge in [-0.3, -0.25) is 0 Å². The fraction of sp³-hybridized carbons (Fsp3) is 0.875. The van der Waals surface area contributed by atoms with Gasteiger partial charge in [0.05, 0.1) is 0 Å². The van der Waals surface area contributed by atoms with Crippen LogP contribution < -0.4 is 0 Å². The summed E-state index contributed by atoms with van der Waals surface area (Å²) in [4.78, 5) is 0. The lowest BCUT2D eigenvalue weighted by atomic mass is 10.0. The summed E-state index contributed by atoms with van der Waals surface area (Å²) in [6.07, 6.45) is 6.04. The molecule has 9 heavy (non-hydrogen) atoms. The molecule has 0 aromatic heterocycles. The van der Waals surface area contributed by atoms with Crippen LogP contribution in [-0.2, 0) is 0 Å². The molecule has 0 amide bonds. The van der Waals surface area contributed by atoms with Gasteiger partial charge in [0.1, 0.15) is 0 Å². The van der Waals surface area contributed by atoms with E-state index in [1.165, 1.54) is 19.3 Å². The number of nitrogens with one attached hydrogen (secondary N) is 1. The van der Waals surface area contributed by atoms with Gasteiger partial charge in [-0.2, -0.15) is 0 Å². The molecule has 1 heteroatoms.